The zero-order valence-corrected chi connectivity index (χ0v) is 11.7. The predicted molar refractivity (Wildman–Crippen MR) is 78.1 cm³/mol. The highest BCUT2D eigenvalue weighted by Crippen LogP contribution is 2.15. The smallest absolute Gasteiger partial charge is 0.128 e. The lowest BCUT2D eigenvalue weighted by Gasteiger charge is -2.19. The van der Waals surface area contributed by atoms with Crippen LogP contribution in [0.5, 0.6) is 0 Å². The van der Waals surface area contributed by atoms with E-state index in [1.165, 1.54) is 5.56 Å². The van der Waals surface area contributed by atoms with Crippen LogP contribution in [0, 0.1) is 6.92 Å². The Morgan fingerprint density at radius 2 is 2.05 bits per heavy atom. The Kier molecular flexibility index (Phi) is 4.47. The lowest BCUT2D eigenvalue weighted by atomic mass is 10.2. The average Bonchev–Trinajstić information content (AvgIpc) is 2.42. The van der Waals surface area contributed by atoms with Gasteiger partial charge in [0.15, 0.2) is 0 Å². The lowest BCUT2D eigenvalue weighted by molar-refractivity contribution is 0.798. The van der Waals surface area contributed by atoms with Crippen molar-refractivity contribution in [3.8, 4) is 0 Å². The maximum atomic E-state index is 4.65. The minimum absolute atomic E-state index is 0.763. The third-order valence-electron chi connectivity index (χ3n) is 3.06. The van der Waals surface area contributed by atoms with Crippen LogP contribution in [0.25, 0.3) is 0 Å². The molecule has 0 fully saturated rings. The van der Waals surface area contributed by atoms with Crippen molar-refractivity contribution in [3.63, 3.8) is 0 Å². The normalized spacial score (nSPS) is 10.5. The Balaban J connectivity index is 2.11. The van der Waals surface area contributed by atoms with Crippen LogP contribution in [-0.2, 0) is 13.1 Å². The second-order valence-electron chi connectivity index (χ2n) is 4.62. The van der Waals surface area contributed by atoms with E-state index < -0.39 is 0 Å². The highest BCUT2D eigenvalue weighted by Gasteiger charge is 2.06. The van der Waals surface area contributed by atoms with Gasteiger partial charge in [-0.05, 0) is 37.7 Å². The van der Waals surface area contributed by atoms with Crippen LogP contribution in [0.2, 0.25) is 0 Å². The number of aromatic nitrogens is 2. The molecule has 0 bridgehead atoms. The molecule has 0 atom stereocenters. The molecule has 19 heavy (non-hydrogen) atoms. The van der Waals surface area contributed by atoms with E-state index in [0.717, 1.165) is 30.3 Å². The first-order valence-electron chi connectivity index (χ1n) is 6.43. The van der Waals surface area contributed by atoms with E-state index in [4.69, 9.17) is 0 Å². The summed E-state index contributed by atoms with van der Waals surface area (Å²) in [5.74, 6) is 0.975. The fourth-order valence-corrected chi connectivity index (χ4v) is 1.98. The number of nitrogens with one attached hydrogen (secondary N) is 1. The summed E-state index contributed by atoms with van der Waals surface area (Å²) in [5.41, 5.74) is 3.35. The first kappa shape index (κ1) is 13.5. The highest BCUT2D eigenvalue weighted by molar-refractivity contribution is 5.41. The minimum atomic E-state index is 0.763. The first-order valence-corrected chi connectivity index (χ1v) is 6.43. The van der Waals surface area contributed by atoms with Crippen LogP contribution in [0.15, 0.2) is 36.5 Å². The van der Waals surface area contributed by atoms with Crippen molar-refractivity contribution < 1.29 is 0 Å². The van der Waals surface area contributed by atoms with Crippen molar-refractivity contribution in [1.82, 2.24) is 15.3 Å². The Labute approximate surface area is 114 Å². The molecule has 0 unspecified atom stereocenters. The molecular weight excluding hydrogens is 236 g/mol. The summed E-state index contributed by atoms with van der Waals surface area (Å²) in [6, 6.07) is 10.1. The molecular formula is C15H20N4. The van der Waals surface area contributed by atoms with Gasteiger partial charge >= 0.3 is 0 Å². The molecule has 2 rings (SSSR count). The largest absolute Gasteiger partial charge is 0.354 e. The SMILES string of the molecule is CNCc1ccc(N(C)Cc2ccccn2)nc1C. The molecule has 0 spiro atoms. The summed E-state index contributed by atoms with van der Waals surface area (Å²) in [7, 11) is 3.98. The molecule has 0 saturated carbocycles. The zero-order chi connectivity index (χ0) is 13.7. The number of anilines is 1. The molecule has 100 valence electrons. The van der Waals surface area contributed by atoms with Gasteiger partial charge in [-0.15, -0.1) is 0 Å². The number of aryl methyl sites for hydroxylation is 1. The molecule has 0 aliphatic rings. The van der Waals surface area contributed by atoms with Gasteiger partial charge in [0.25, 0.3) is 0 Å². The molecule has 1 N–H and O–H groups in total. The van der Waals surface area contributed by atoms with Crippen LogP contribution in [0.1, 0.15) is 17.0 Å². The van der Waals surface area contributed by atoms with E-state index in [9.17, 15) is 0 Å². The van der Waals surface area contributed by atoms with E-state index in [1.54, 1.807) is 0 Å². The summed E-state index contributed by atoms with van der Waals surface area (Å²) in [5, 5.41) is 3.15. The Bertz CT molecular complexity index is 525. The second-order valence-corrected chi connectivity index (χ2v) is 4.62. The van der Waals surface area contributed by atoms with Crippen molar-refractivity contribution in [3.05, 3.63) is 53.5 Å². The van der Waals surface area contributed by atoms with Crippen molar-refractivity contribution in [1.29, 1.82) is 0 Å². The average molecular weight is 256 g/mol. The summed E-state index contributed by atoms with van der Waals surface area (Å²) >= 11 is 0. The van der Waals surface area contributed by atoms with Crippen LogP contribution in [-0.4, -0.2) is 24.1 Å². The van der Waals surface area contributed by atoms with Gasteiger partial charge in [0.05, 0.1) is 12.2 Å². The number of nitrogens with zero attached hydrogens (tertiary/aromatic N) is 3. The second kappa shape index (κ2) is 6.29. The summed E-state index contributed by atoms with van der Waals surface area (Å²) in [4.78, 5) is 11.1. The van der Waals surface area contributed by atoms with Gasteiger partial charge < -0.3 is 10.2 Å². The molecule has 4 nitrogen and oxygen atoms in total. The predicted octanol–water partition coefficient (Wildman–Crippen LogP) is 2.14. The van der Waals surface area contributed by atoms with Gasteiger partial charge in [-0.25, -0.2) is 4.98 Å². The van der Waals surface area contributed by atoms with E-state index >= 15 is 0 Å². The molecule has 4 heteroatoms. The van der Waals surface area contributed by atoms with Crippen molar-refractivity contribution in [2.45, 2.75) is 20.0 Å². The molecule has 0 amide bonds. The Hall–Kier alpha value is -1.94. The highest BCUT2D eigenvalue weighted by atomic mass is 15.2. The molecule has 0 saturated heterocycles. The van der Waals surface area contributed by atoms with Gasteiger partial charge in [0.1, 0.15) is 5.82 Å². The van der Waals surface area contributed by atoms with Gasteiger partial charge in [0.2, 0.25) is 0 Å². The first-order chi connectivity index (χ1) is 9.20. The van der Waals surface area contributed by atoms with Crippen LogP contribution in [0.3, 0.4) is 0 Å². The topological polar surface area (TPSA) is 41.0 Å². The summed E-state index contributed by atoms with van der Waals surface area (Å²) in [6.07, 6.45) is 1.82. The van der Waals surface area contributed by atoms with Gasteiger partial charge in [-0.2, -0.15) is 0 Å². The van der Waals surface area contributed by atoms with Crippen molar-refractivity contribution in [2.75, 3.05) is 19.0 Å². The monoisotopic (exact) mass is 256 g/mol. The van der Waals surface area contributed by atoms with E-state index in [1.807, 2.05) is 45.4 Å². The Morgan fingerprint density at radius 1 is 1.21 bits per heavy atom. The molecule has 2 heterocycles. The van der Waals surface area contributed by atoms with E-state index in [2.05, 4.69) is 32.3 Å². The van der Waals surface area contributed by atoms with E-state index in [-0.39, 0.29) is 0 Å². The number of hydrogen-bond acceptors (Lipinski definition) is 4. The molecule has 2 aromatic rings. The molecule has 2 aromatic heterocycles. The molecule has 0 aliphatic carbocycles. The van der Waals surface area contributed by atoms with Crippen molar-refractivity contribution >= 4 is 5.82 Å². The standard InChI is InChI=1S/C15H20N4/c1-12-13(10-16-2)7-8-15(18-12)19(3)11-14-6-4-5-9-17-14/h4-9,16H,10-11H2,1-3H3. The van der Waals surface area contributed by atoms with Gasteiger partial charge in [0, 0.05) is 25.5 Å². The Morgan fingerprint density at radius 3 is 2.68 bits per heavy atom. The van der Waals surface area contributed by atoms with Crippen LogP contribution >= 0.6 is 0 Å². The summed E-state index contributed by atoms with van der Waals surface area (Å²) < 4.78 is 0. The molecule has 0 aliphatic heterocycles. The van der Waals surface area contributed by atoms with Crippen LogP contribution in [0.4, 0.5) is 5.82 Å². The zero-order valence-electron chi connectivity index (χ0n) is 11.7. The maximum absolute atomic E-state index is 4.65. The quantitative estimate of drug-likeness (QED) is 0.890. The summed E-state index contributed by atoms with van der Waals surface area (Å²) in [6.45, 7) is 3.66. The lowest BCUT2D eigenvalue weighted by Crippen LogP contribution is -2.19. The maximum Gasteiger partial charge on any atom is 0.128 e. The van der Waals surface area contributed by atoms with E-state index in [0.29, 0.717) is 0 Å². The minimum Gasteiger partial charge on any atom is -0.354 e. The van der Waals surface area contributed by atoms with Crippen molar-refractivity contribution in [2.24, 2.45) is 0 Å². The van der Waals surface area contributed by atoms with Gasteiger partial charge in [-0.3, -0.25) is 4.98 Å². The van der Waals surface area contributed by atoms with Gasteiger partial charge in [-0.1, -0.05) is 12.1 Å². The van der Waals surface area contributed by atoms with Crippen LogP contribution < -0.4 is 10.2 Å². The molecule has 0 radical (unpaired) electrons. The fraction of sp³-hybridized carbons (Fsp3) is 0.333. The number of rotatable bonds is 5. The fourth-order valence-electron chi connectivity index (χ4n) is 1.98. The number of pyridine rings is 2. The molecule has 0 aromatic carbocycles. The third-order valence-corrected chi connectivity index (χ3v) is 3.06. The number of hydrogen-bond donors (Lipinski definition) is 1. The third kappa shape index (κ3) is 3.51.